The lowest BCUT2D eigenvalue weighted by Gasteiger charge is -2.08. The van der Waals surface area contributed by atoms with E-state index in [0.29, 0.717) is 12.2 Å². The van der Waals surface area contributed by atoms with E-state index in [1.54, 1.807) is 24.3 Å². The average molecular weight is 305 g/mol. The van der Waals surface area contributed by atoms with Crippen LogP contribution in [0.25, 0.3) is 0 Å². The van der Waals surface area contributed by atoms with E-state index >= 15 is 0 Å². The first-order valence-corrected chi connectivity index (χ1v) is 6.44. The first kappa shape index (κ1) is 17.0. The molecule has 0 aliphatic heterocycles. The number of benzene rings is 1. The molecule has 1 rings (SSSR count). The van der Waals surface area contributed by atoms with Crippen LogP contribution < -0.4 is 21.7 Å². The molecule has 22 heavy (non-hydrogen) atoms. The van der Waals surface area contributed by atoms with Crippen molar-refractivity contribution in [2.75, 3.05) is 11.9 Å². The third-order valence-corrected chi connectivity index (χ3v) is 2.38. The summed E-state index contributed by atoms with van der Waals surface area (Å²) in [4.78, 5) is 22.7. The molecule has 0 heterocycles. The fourth-order valence-corrected chi connectivity index (χ4v) is 1.47. The summed E-state index contributed by atoms with van der Waals surface area (Å²) in [5, 5.41) is 14.7. The highest BCUT2D eigenvalue weighted by Crippen LogP contribution is 2.08. The number of allylic oxidation sites excluding steroid dienone is 1. The number of carbonyl (C=O) groups is 2. The Morgan fingerprint density at radius 3 is 2.45 bits per heavy atom. The minimum absolute atomic E-state index is 0.145. The van der Waals surface area contributed by atoms with Crippen molar-refractivity contribution in [2.45, 2.75) is 13.5 Å². The molecule has 8 heteroatoms. The second-order valence-corrected chi connectivity index (χ2v) is 4.46. The maximum absolute atomic E-state index is 11.6. The molecular formula is C14H19N5O3. The lowest BCUT2D eigenvalue weighted by molar-refractivity contribution is -0.120. The third kappa shape index (κ3) is 6.94. The van der Waals surface area contributed by atoms with Crippen molar-refractivity contribution in [1.29, 1.82) is 5.41 Å². The highest BCUT2D eigenvalue weighted by Gasteiger charge is 2.06. The number of guanidine groups is 1. The molecule has 1 aromatic rings. The van der Waals surface area contributed by atoms with Crippen LogP contribution in [0.2, 0.25) is 0 Å². The summed E-state index contributed by atoms with van der Waals surface area (Å²) in [5.41, 5.74) is 6.77. The van der Waals surface area contributed by atoms with Gasteiger partial charge in [-0.15, -0.1) is 0 Å². The van der Waals surface area contributed by atoms with Gasteiger partial charge in [-0.05, 0) is 24.6 Å². The molecular weight excluding hydrogens is 286 g/mol. The minimum Gasteiger partial charge on any atom is -0.416 e. The summed E-state index contributed by atoms with van der Waals surface area (Å²) >= 11 is 0. The van der Waals surface area contributed by atoms with Gasteiger partial charge in [0.25, 0.3) is 0 Å². The van der Waals surface area contributed by atoms with Gasteiger partial charge in [0, 0.05) is 12.2 Å². The van der Waals surface area contributed by atoms with Crippen molar-refractivity contribution < 1.29 is 14.3 Å². The van der Waals surface area contributed by atoms with Gasteiger partial charge in [0.1, 0.15) is 6.54 Å². The maximum Gasteiger partial charge on any atom is 0.412 e. The summed E-state index contributed by atoms with van der Waals surface area (Å²) in [6.45, 7) is 5.08. The number of nitrogens with one attached hydrogen (secondary N) is 4. The van der Waals surface area contributed by atoms with Crippen LogP contribution in [-0.4, -0.2) is 24.5 Å². The quantitative estimate of drug-likeness (QED) is 0.302. The molecule has 0 saturated carbocycles. The molecule has 0 saturated heterocycles. The van der Waals surface area contributed by atoms with Crippen molar-refractivity contribution in [2.24, 2.45) is 5.73 Å². The van der Waals surface area contributed by atoms with E-state index in [9.17, 15) is 9.59 Å². The molecule has 1 aromatic carbocycles. The van der Waals surface area contributed by atoms with E-state index < -0.39 is 6.09 Å². The standard InChI is InChI=1S/C14H19N5O3/c1-9(2)22-14(21)18-8-12(20)17-7-10-3-5-11(6-4-10)19-13(15)16/h3-6H,1,7-8H2,2H3,(H,17,20)(H,18,21)(H4,15,16,19). The summed E-state index contributed by atoms with van der Waals surface area (Å²) in [5.74, 6) is -0.240. The van der Waals surface area contributed by atoms with E-state index in [-0.39, 0.29) is 24.2 Å². The second kappa shape index (κ2) is 8.30. The molecule has 6 N–H and O–H groups in total. The van der Waals surface area contributed by atoms with Crippen molar-refractivity contribution in [3.63, 3.8) is 0 Å². The lowest BCUT2D eigenvalue weighted by atomic mass is 10.2. The summed E-state index contributed by atoms with van der Waals surface area (Å²) in [6, 6.07) is 7.05. The molecule has 0 spiro atoms. The number of hydrogen-bond acceptors (Lipinski definition) is 4. The SMILES string of the molecule is C=C(C)OC(=O)NCC(=O)NCc1ccc(NC(=N)N)cc1. The highest BCUT2D eigenvalue weighted by atomic mass is 16.6. The van der Waals surface area contributed by atoms with E-state index in [4.69, 9.17) is 11.1 Å². The van der Waals surface area contributed by atoms with Crippen LogP contribution >= 0.6 is 0 Å². The number of amides is 2. The zero-order valence-electron chi connectivity index (χ0n) is 12.2. The number of hydrogen-bond donors (Lipinski definition) is 5. The smallest absolute Gasteiger partial charge is 0.412 e. The van der Waals surface area contributed by atoms with Crippen LogP contribution in [0, 0.1) is 5.41 Å². The highest BCUT2D eigenvalue weighted by molar-refractivity contribution is 5.89. The predicted octanol–water partition coefficient (Wildman–Crippen LogP) is 0.868. The van der Waals surface area contributed by atoms with Gasteiger partial charge in [-0.1, -0.05) is 18.7 Å². The molecule has 0 bridgehead atoms. The first-order valence-electron chi connectivity index (χ1n) is 6.44. The van der Waals surface area contributed by atoms with Gasteiger partial charge in [0.15, 0.2) is 5.96 Å². The van der Waals surface area contributed by atoms with Crippen LogP contribution in [-0.2, 0) is 16.1 Å². The molecule has 2 amide bonds. The predicted molar refractivity (Wildman–Crippen MR) is 83.1 cm³/mol. The second-order valence-electron chi connectivity index (χ2n) is 4.46. The van der Waals surface area contributed by atoms with Gasteiger partial charge in [0.2, 0.25) is 5.91 Å². The van der Waals surface area contributed by atoms with Crippen molar-refractivity contribution >= 4 is 23.6 Å². The van der Waals surface area contributed by atoms with E-state index in [1.807, 2.05) is 0 Å². The molecule has 0 unspecified atom stereocenters. The topological polar surface area (TPSA) is 129 Å². The zero-order chi connectivity index (χ0) is 16.5. The van der Waals surface area contributed by atoms with Crippen LogP contribution in [0.1, 0.15) is 12.5 Å². The summed E-state index contributed by atoms with van der Waals surface area (Å²) < 4.78 is 4.65. The van der Waals surface area contributed by atoms with Crippen molar-refractivity contribution in [3.8, 4) is 0 Å². The van der Waals surface area contributed by atoms with Crippen LogP contribution in [0.4, 0.5) is 10.5 Å². The Kier molecular flexibility index (Phi) is 6.42. The van der Waals surface area contributed by atoms with E-state index in [0.717, 1.165) is 5.56 Å². The van der Waals surface area contributed by atoms with Crippen LogP contribution in [0.15, 0.2) is 36.6 Å². The van der Waals surface area contributed by atoms with Crippen LogP contribution in [0.5, 0.6) is 0 Å². The Bertz CT molecular complexity index is 568. The number of alkyl carbamates (subject to hydrolysis) is 1. The van der Waals surface area contributed by atoms with Gasteiger partial charge >= 0.3 is 6.09 Å². The molecule has 0 radical (unpaired) electrons. The number of ether oxygens (including phenoxy) is 1. The Morgan fingerprint density at radius 2 is 1.91 bits per heavy atom. The average Bonchev–Trinajstić information content (AvgIpc) is 2.43. The Hall–Kier alpha value is -3.03. The minimum atomic E-state index is -0.720. The van der Waals surface area contributed by atoms with Crippen molar-refractivity contribution in [3.05, 3.63) is 42.2 Å². The first-order chi connectivity index (χ1) is 10.4. The summed E-state index contributed by atoms with van der Waals surface area (Å²) in [7, 11) is 0. The Labute approximate surface area is 128 Å². The normalized spacial score (nSPS) is 9.50. The number of carbonyl (C=O) groups excluding carboxylic acids is 2. The molecule has 0 fully saturated rings. The molecule has 0 aliphatic carbocycles. The number of anilines is 1. The van der Waals surface area contributed by atoms with Crippen LogP contribution in [0.3, 0.4) is 0 Å². The fourth-order valence-electron chi connectivity index (χ4n) is 1.47. The van der Waals surface area contributed by atoms with Gasteiger partial charge in [0.05, 0.1) is 5.76 Å². The van der Waals surface area contributed by atoms with Gasteiger partial charge in [-0.3, -0.25) is 10.2 Å². The molecule has 8 nitrogen and oxygen atoms in total. The molecule has 118 valence electrons. The van der Waals surface area contributed by atoms with Gasteiger partial charge in [-0.2, -0.15) is 0 Å². The number of rotatable bonds is 6. The van der Waals surface area contributed by atoms with Crippen molar-refractivity contribution in [1.82, 2.24) is 10.6 Å². The van der Waals surface area contributed by atoms with Gasteiger partial charge in [-0.25, -0.2) is 4.79 Å². The molecule has 0 atom stereocenters. The third-order valence-electron chi connectivity index (χ3n) is 2.38. The molecule has 0 aromatic heterocycles. The fraction of sp³-hybridized carbons (Fsp3) is 0.214. The van der Waals surface area contributed by atoms with E-state index in [1.165, 1.54) is 6.92 Å². The largest absolute Gasteiger partial charge is 0.416 e. The monoisotopic (exact) mass is 305 g/mol. The Balaban J connectivity index is 2.33. The number of nitrogens with two attached hydrogens (primary N) is 1. The zero-order valence-corrected chi connectivity index (χ0v) is 12.2. The summed E-state index contributed by atoms with van der Waals surface area (Å²) in [6.07, 6.45) is -0.720. The molecule has 0 aliphatic rings. The Morgan fingerprint density at radius 1 is 1.27 bits per heavy atom. The maximum atomic E-state index is 11.6. The van der Waals surface area contributed by atoms with Gasteiger partial charge < -0.3 is 26.4 Å². The lowest BCUT2D eigenvalue weighted by Crippen LogP contribution is -2.36. The van der Waals surface area contributed by atoms with E-state index in [2.05, 4.69) is 27.3 Å².